The summed E-state index contributed by atoms with van der Waals surface area (Å²) in [5.41, 5.74) is 0.629. The van der Waals surface area contributed by atoms with Gasteiger partial charge in [0, 0.05) is 37.3 Å². The molecule has 1 aromatic carbocycles. The average Bonchev–Trinajstić information content (AvgIpc) is 2.53. The van der Waals surface area contributed by atoms with E-state index in [4.69, 9.17) is 9.47 Å². The molecule has 1 aliphatic rings. The zero-order valence-corrected chi connectivity index (χ0v) is 14.6. The molecule has 1 aromatic heterocycles. The molecule has 2 amide bonds. The molecule has 7 nitrogen and oxygen atoms in total. The van der Waals surface area contributed by atoms with Gasteiger partial charge in [0.05, 0.1) is 10.6 Å². The topological polar surface area (TPSA) is 85.4 Å². The predicted octanol–water partition coefficient (Wildman–Crippen LogP) is 3.33. The van der Waals surface area contributed by atoms with Crippen LogP contribution in [0.25, 0.3) is 0 Å². The number of anilines is 1. The monoisotopic (exact) mass is 392 g/mol. The van der Waals surface area contributed by atoms with Crippen LogP contribution in [0.4, 0.5) is 10.5 Å². The number of rotatable bonds is 5. The molecule has 1 aliphatic carbocycles. The number of carbonyl (C=O) groups excluding carboxylic acids is 1. The van der Waals surface area contributed by atoms with Gasteiger partial charge in [-0.1, -0.05) is 6.07 Å². The Hall–Kier alpha value is -2.19. The van der Waals surface area contributed by atoms with Crippen LogP contribution in [0.3, 0.4) is 0 Å². The highest BCUT2D eigenvalue weighted by Crippen LogP contribution is 2.24. The van der Waals surface area contributed by atoms with Crippen molar-refractivity contribution in [2.45, 2.75) is 25.0 Å². The smallest absolute Gasteiger partial charge is 0.321 e. The van der Waals surface area contributed by atoms with Crippen molar-refractivity contribution < 1.29 is 14.3 Å². The first-order chi connectivity index (χ1) is 11.6. The number of hydrogen-bond acceptors (Lipinski definition) is 5. The third-order valence-corrected chi connectivity index (χ3v) is 4.07. The number of benzene rings is 1. The van der Waals surface area contributed by atoms with Crippen LogP contribution in [0, 0.1) is 0 Å². The fraction of sp³-hybridized carbons (Fsp3) is 0.312. The first-order valence-corrected chi connectivity index (χ1v) is 8.27. The summed E-state index contributed by atoms with van der Waals surface area (Å²) in [5, 5.41) is 5.69. The molecule has 2 aromatic rings. The molecule has 24 heavy (non-hydrogen) atoms. The number of methoxy groups -OCH3 is 1. The van der Waals surface area contributed by atoms with E-state index >= 15 is 0 Å². The normalized spacial score (nSPS) is 19.2. The van der Waals surface area contributed by atoms with Crippen LogP contribution in [0.1, 0.15) is 12.8 Å². The first-order valence-electron chi connectivity index (χ1n) is 7.48. The molecule has 3 rings (SSSR count). The van der Waals surface area contributed by atoms with Crippen LogP contribution in [-0.4, -0.2) is 35.3 Å². The molecule has 0 atom stereocenters. The summed E-state index contributed by atoms with van der Waals surface area (Å²) >= 11 is 3.27. The Kier molecular flexibility index (Phi) is 5.27. The number of aromatic nitrogens is 2. The first kappa shape index (κ1) is 16.7. The molecule has 1 saturated carbocycles. The third kappa shape index (κ3) is 4.42. The van der Waals surface area contributed by atoms with E-state index in [-0.39, 0.29) is 24.2 Å². The highest BCUT2D eigenvalue weighted by Gasteiger charge is 2.30. The van der Waals surface area contributed by atoms with Gasteiger partial charge in [-0.15, -0.1) is 0 Å². The predicted molar refractivity (Wildman–Crippen MR) is 92.2 cm³/mol. The number of hydrogen-bond donors (Lipinski definition) is 2. The third-order valence-electron chi connectivity index (χ3n) is 3.66. The van der Waals surface area contributed by atoms with Gasteiger partial charge in [0.2, 0.25) is 0 Å². The van der Waals surface area contributed by atoms with Crippen molar-refractivity contribution in [3.05, 3.63) is 41.1 Å². The lowest BCUT2D eigenvalue weighted by atomic mass is 9.89. The van der Waals surface area contributed by atoms with Gasteiger partial charge >= 0.3 is 12.0 Å². The summed E-state index contributed by atoms with van der Waals surface area (Å²) in [6, 6.07) is 7.20. The van der Waals surface area contributed by atoms with Crippen LogP contribution in [-0.2, 0) is 4.74 Å². The molecule has 126 valence electrons. The van der Waals surface area contributed by atoms with E-state index in [1.807, 2.05) is 0 Å². The average molecular weight is 393 g/mol. The number of nitrogens with zero attached hydrogens (tertiary/aromatic N) is 2. The number of amides is 2. The van der Waals surface area contributed by atoms with E-state index in [9.17, 15) is 4.79 Å². The maximum Gasteiger partial charge on any atom is 0.321 e. The lowest BCUT2D eigenvalue weighted by Gasteiger charge is -2.34. The standard InChI is InChI=1S/C16H17BrN4O3/c1-23-14-6-12(7-14)21-15(22)20-11-3-2-4-13(5-11)24-16-18-8-10(17)9-19-16/h2-5,8-9,12,14H,6-7H2,1H3,(H2,20,21,22). The molecule has 1 fully saturated rings. The molecular formula is C16H17BrN4O3. The fourth-order valence-electron chi connectivity index (χ4n) is 2.32. The second-order valence-electron chi connectivity index (χ2n) is 5.44. The van der Waals surface area contributed by atoms with Crippen LogP contribution >= 0.6 is 15.9 Å². The lowest BCUT2D eigenvalue weighted by Crippen LogP contribution is -2.48. The Morgan fingerprint density at radius 1 is 1.29 bits per heavy atom. The summed E-state index contributed by atoms with van der Waals surface area (Å²) in [4.78, 5) is 20.1. The Morgan fingerprint density at radius 2 is 2.04 bits per heavy atom. The van der Waals surface area contributed by atoms with Gasteiger partial charge in [0.1, 0.15) is 5.75 Å². The molecule has 0 spiro atoms. The van der Waals surface area contributed by atoms with Crippen molar-refractivity contribution in [1.82, 2.24) is 15.3 Å². The van der Waals surface area contributed by atoms with Gasteiger partial charge in [-0.05, 0) is 40.9 Å². The fourth-order valence-corrected chi connectivity index (χ4v) is 2.53. The quantitative estimate of drug-likeness (QED) is 0.814. The number of halogens is 1. The lowest BCUT2D eigenvalue weighted by molar-refractivity contribution is 0.0210. The highest BCUT2D eigenvalue weighted by molar-refractivity contribution is 9.10. The van der Waals surface area contributed by atoms with Crippen molar-refractivity contribution in [3.63, 3.8) is 0 Å². The number of ether oxygens (including phenoxy) is 2. The van der Waals surface area contributed by atoms with Crippen molar-refractivity contribution in [2.24, 2.45) is 0 Å². The van der Waals surface area contributed by atoms with Gasteiger partial charge in [0.15, 0.2) is 0 Å². The minimum Gasteiger partial charge on any atom is -0.424 e. The zero-order valence-electron chi connectivity index (χ0n) is 13.0. The van der Waals surface area contributed by atoms with Crippen molar-refractivity contribution >= 4 is 27.6 Å². The summed E-state index contributed by atoms with van der Waals surface area (Å²) in [6.45, 7) is 0. The number of carbonyl (C=O) groups is 1. The summed E-state index contributed by atoms with van der Waals surface area (Å²) < 4.78 is 11.5. The van der Waals surface area contributed by atoms with Crippen LogP contribution in [0.5, 0.6) is 11.8 Å². The molecule has 0 unspecified atom stereocenters. The summed E-state index contributed by atoms with van der Waals surface area (Å²) in [6.07, 6.45) is 5.13. The molecule has 1 heterocycles. The van der Waals surface area contributed by atoms with Gasteiger partial charge in [-0.2, -0.15) is 0 Å². The SMILES string of the molecule is COC1CC(NC(=O)Nc2cccc(Oc3ncc(Br)cn3)c2)C1. The van der Waals surface area contributed by atoms with Crippen molar-refractivity contribution in [2.75, 3.05) is 12.4 Å². The minimum absolute atomic E-state index is 0.158. The van der Waals surface area contributed by atoms with Gasteiger partial charge in [-0.3, -0.25) is 0 Å². The van der Waals surface area contributed by atoms with E-state index in [1.54, 1.807) is 43.8 Å². The van der Waals surface area contributed by atoms with Crippen molar-refractivity contribution in [3.8, 4) is 11.8 Å². The van der Waals surface area contributed by atoms with Gasteiger partial charge in [0.25, 0.3) is 0 Å². The highest BCUT2D eigenvalue weighted by atomic mass is 79.9. The van der Waals surface area contributed by atoms with Crippen LogP contribution < -0.4 is 15.4 Å². The van der Waals surface area contributed by atoms with Crippen molar-refractivity contribution in [1.29, 1.82) is 0 Å². The Morgan fingerprint density at radius 3 is 2.75 bits per heavy atom. The van der Waals surface area contributed by atoms with E-state index in [1.165, 1.54) is 0 Å². The van der Waals surface area contributed by atoms with E-state index in [0.717, 1.165) is 17.3 Å². The number of nitrogens with one attached hydrogen (secondary N) is 2. The second kappa shape index (κ2) is 7.59. The molecule has 0 radical (unpaired) electrons. The Labute approximate surface area is 147 Å². The minimum atomic E-state index is -0.244. The van der Waals surface area contributed by atoms with Gasteiger partial charge < -0.3 is 20.1 Å². The molecule has 0 aliphatic heterocycles. The van der Waals surface area contributed by atoms with E-state index < -0.39 is 0 Å². The zero-order chi connectivity index (χ0) is 16.9. The maximum atomic E-state index is 12.0. The van der Waals surface area contributed by atoms with E-state index in [2.05, 4.69) is 36.5 Å². The molecule has 0 bridgehead atoms. The van der Waals surface area contributed by atoms with Crippen LogP contribution in [0.2, 0.25) is 0 Å². The molecule has 2 N–H and O–H groups in total. The Bertz CT molecular complexity index is 705. The maximum absolute atomic E-state index is 12.0. The number of urea groups is 1. The Balaban J connectivity index is 1.55. The molecular weight excluding hydrogens is 376 g/mol. The largest absolute Gasteiger partial charge is 0.424 e. The molecule has 8 heteroatoms. The van der Waals surface area contributed by atoms with Gasteiger partial charge in [-0.25, -0.2) is 14.8 Å². The summed E-state index contributed by atoms with van der Waals surface area (Å²) in [7, 11) is 1.68. The van der Waals surface area contributed by atoms with Crippen LogP contribution in [0.15, 0.2) is 41.1 Å². The second-order valence-corrected chi connectivity index (χ2v) is 6.35. The van der Waals surface area contributed by atoms with E-state index in [0.29, 0.717) is 11.4 Å². The molecule has 0 saturated heterocycles. The summed E-state index contributed by atoms with van der Waals surface area (Å²) in [5.74, 6) is 0.540.